The number of nitrogens with zero attached hydrogens (tertiary/aromatic N) is 1. The number of rotatable bonds is 3. The molecule has 0 aromatic heterocycles. The molecule has 0 amide bonds. The van der Waals surface area contributed by atoms with Crippen molar-refractivity contribution in [2.45, 2.75) is 26.9 Å². The lowest BCUT2D eigenvalue weighted by atomic mass is 10.2. The van der Waals surface area contributed by atoms with E-state index in [1.807, 2.05) is 13.8 Å². The number of hydrogen-bond acceptors (Lipinski definition) is 4. The number of aryl methyl sites for hydroxylation is 1. The van der Waals surface area contributed by atoms with Crippen LogP contribution < -0.4 is 5.32 Å². The average Bonchev–Trinajstić information content (AvgIpc) is 2.19. The van der Waals surface area contributed by atoms with E-state index in [1.165, 1.54) is 6.07 Å². The molecule has 0 aliphatic carbocycles. The first kappa shape index (κ1) is 13.4. The summed E-state index contributed by atoms with van der Waals surface area (Å²) in [4.78, 5) is 10.4. The van der Waals surface area contributed by atoms with Crippen LogP contribution in [-0.4, -0.2) is 16.2 Å². The molecule has 0 radical (unpaired) electrons. The average molecular weight is 254 g/mol. The zero-order valence-electron chi connectivity index (χ0n) is 9.89. The Hall–Kier alpha value is -1.69. The van der Waals surface area contributed by atoms with E-state index in [0.29, 0.717) is 5.69 Å². The van der Waals surface area contributed by atoms with Crippen molar-refractivity contribution in [3.63, 3.8) is 0 Å². The monoisotopic (exact) mass is 254 g/mol. The molecule has 92 valence electrons. The van der Waals surface area contributed by atoms with Crippen LogP contribution in [0.1, 0.15) is 19.4 Å². The molecule has 6 heteroatoms. The molecule has 0 aliphatic heterocycles. The van der Waals surface area contributed by atoms with E-state index in [2.05, 4.69) is 5.32 Å². The third-order valence-electron chi connectivity index (χ3n) is 1.93. The quantitative estimate of drug-likeness (QED) is 0.510. The predicted octanol–water partition coefficient (Wildman–Crippen LogP) is 3.03. The fraction of sp³-hybridized carbons (Fsp3) is 0.364. The van der Waals surface area contributed by atoms with Crippen molar-refractivity contribution in [2.24, 2.45) is 0 Å². The molecule has 0 saturated carbocycles. The minimum Gasteiger partial charge on any atom is -0.468 e. The number of hydrogen-bond donors (Lipinski definition) is 1. The summed E-state index contributed by atoms with van der Waals surface area (Å²) in [6.45, 7) is 5.45. The van der Waals surface area contributed by atoms with Crippen molar-refractivity contribution >= 4 is 28.8 Å². The van der Waals surface area contributed by atoms with Crippen LogP contribution >= 0.6 is 12.2 Å². The molecule has 1 aromatic carbocycles. The van der Waals surface area contributed by atoms with Gasteiger partial charge in [0.15, 0.2) is 0 Å². The van der Waals surface area contributed by atoms with Gasteiger partial charge in [0, 0.05) is 6.07 Å². The maximum Gasteiger partial charge on any atom is 0.293 e. The topological polar surface area (TPSA) is 64.4 Å². The van der Waals surface area contributed by atoms with Crippen LogP contribution in [0.25, 0.3) is 0 Å². The summed E-state index contributed by atoms with van der Waals surface area (Å²) in [5.41, 5.74) is 1.14. The lowest BCUT2D eigenvalue weighted by Gasteiger charge is -2.12. The van der Waals surface area contributed by atoms with Crippen molar-refractivity contribution in [2.75, 3.05) is 5.32 Å². The van der Waals surface area contributed by atoms with Gasteiger partial charge in [0.25, 0.3) is 10.9 Å². The van der Waals surface area contributed by atoms with Gasteiger partial charge < -0.3 is 10.1 Å². The van der Waals surface area contributed by atoms with E-state index in [0.717, 1.165) is 5.56 Å². The van der Waals surface area contributed by atoms with Crippen LogP contribution in [0.15, 0.2) is 18.2 Å². The summed E-state index contributed by atoms with van der Waals surface area (Å²) in [6, 6.07) is 4.87. The second-order valence-corrected chi connectivity index (χ2v) is 4.23. The fourth-order valence-electron chi connectivity index (χ4n) is 1.25. The Balaban J connectivity index is 2.91. The van der Waals surface area contributed by atoms with E-state index >= 15 is 0 Å². The summed E-state index contributed by atoms with van der Waals surface area (Å²) < 4.78 is 5.22. The molecule has 1 aromatic rings. The van der Waals surface area contributed by atoms with E-state index in [-0.39, 0.29) is 17.0 Å². The third kappa shape index (κ3) is 3.99. The van der Waals surface area contributed by atoms with Gasteiger partial charge in [-0.1, -0.05) is 6.07 Å². The number of anilines is 1. The van der Waals surface area contributed by atoms with Gasteiger partial charge in [-0.25, -0.2) is 0 Å². The Labute approximate surface area is 105 Å². The summed E-state index contributed by atoms with van der Waals surface area (Å²) >= 11 is 4.94. The lowest BCUT2D eigenvalue weighted by Crippen LogP contribution is -2.18. The van der Waals surface area contributed by atoms with Crippen molar-refractivity contribution < 1.29 is 9.66 Å². The van der Waals surface area contributed by atoms with Crippen LogP contribution in [0.2, 0.25) is 0 Å². The van der Waals surface area contributed by atoms with Crippen LogP contribution in [0.4, 0.5) is 11.4 Å². The Morgan fingerprint density at radius 2 is 2.18 bits per heavy atom. The minimum absolute atomic E-state index is 0.0142. The van der Waals surface area contributed by atoms with Gasteiger partial charge in [-0.15, -0.1) is 0 Å². The molecule has 0 fully saturated rings. The molecule has 0 spiro atoms. The number of nitrogens with one attached hydrogen (secondary N) is 1. The molecule has 5 nitrogen and oxygen atoms in total. The fourth-order valence-corrected chi connectivity index (χ4v) is 1.55. The summed E-state index contributed by atoms with van der Waals surface area (Å²) in [5, 5.41) is 13.7. The van der Waals surface area contributed by atoms with E-state index < -0.39 is 4.92 Å². The molecular formula is C11H14N2O3S. The Bertz CT molecular complexity index is 446. The second-order valence-electron chi connectivity index (χ2n) is 3.86. The number of nitro groups is 1. The normalized spacial score (nSPS) is 10.1. The van der Waals surface area contributed by atoms with Gasteiger partial charge in [0.2, 0.25) is 0 Å². The molecule has 0 heterocycles. The van der Waals surface area contributed by atoms with Crippen LogP contribution in [0.5, 0.6) is 0 Å². The number of nitro benzene ring substituents is 1. The molecule has 0 bridgehead atoms. The van der Waals surface area contributed by atoms with Gasteiger partial charge >= 0.3 is 0 Å². The Morgan fingerprint density at radius 3 is 2.71 bits per heavy atom. The van der Waals surface area contributed by atoms with Gasteiger partial charge in [-0.05, 0) is 44.6 Å². The van der Waals surface area contributed by atoms with E-state index in [9.17, 15) is 10.1 Å². The van der Waals surface area contributed by atoms with Crippen molar-refractivity contribution in [1.82, 2.24) is 0 Å². The highest BCUT2D eigenvalue weighted by Gasteiger charge is 2.15. The van der Waals surface area contributed by atoms with Gasteiger partial charge in [0.05, 0.1) is 11.0 Å². The largest absolute Gasteiger partial charge is 0.468 e. The lowest BCUT2D eigenvalue weighted by molar-refractivity contribution is -0.384. The first-order valence-electron chi connectivity index (χ1n) is 5.13. The first-order valence-corrected chi connectivity index (χ1v) is 5.53. The number of thiocarbonyl (C=S) groups is 1. The summed E-state index contributed by atoms with van der Waals surface area (Å²) in [7, 11) is 0. The zero-order valence-corrected chi connectivity index (χ0v) is 10.7. The molecular weight excluding hydrogens is 240 g/mol. The minimum atomic E-state index is -0.451. The summed E-state index contributed by atoms with van der Waals surface area (Å²) in [5.74, 6) is 0. The number of ether oxygens (including phenoxy) is 1. The van der Waals surface area contributed by atoms with Crippen LogP contribution in [-0.2, 0) is 4.74 Å². The van der Waals surface area contributed by atoms with Gasteiger partial charge in [-0.3, -0.25) is 10.1 Å². The zero-order chi connectivity index (χ0) is 13.0. The van der Waals surface area contributed by atoms with Crippen molar-refractivity contribution in [3.8, 4) is 0 Å². The van der Waals surface area contributed by atoms with Gasteiger partial charge in [-0.2, -0.15) is 0 Å². The first-order chi connectivity index (χ1) is 7.90. The van der Waals surface area contributed by atoms with Crippen LogP contribution in [0.3, 0.4) is 0 Å². The highest BCUT2D eigenvalue weighted by atomic mass is 32.1. The Kier molecular flexibility index (Phi) is 4.39. The molecule has 1 rings (SSSR count). The van der Waals surface area contributed by atoms with E-state index in [4.69, 9.17) is 17.0 Å². The van der Waals surface area contributed by atoms with Crippen molar-refractivity contribution in [1.29, 1.82) is 0 Å². The standard InChI is InChI=1S/C11H14N2O3S/c1-7(2)16-11(17)12-9-5-4-8(3)6-10(9)13(14)15/h4-7H,1-3H3,(H,12,17). The third-order valence-corrected chi connectivity index (χ3v) is 2.13. The molecule has 0 atom stereocenters. The highest BCUT2D eigenvalue weighted by molar-refractivity contribution is 7.80. The van der Waals surface area contributed by atoms with E-state index in [1.54, 1.807) is 19.1 Å². The maximum atomic E-state index is 10.9. The second kappa shape index (κ2) is 5.58. The molecule has 0 unspecified atom stereocenters. The molecule has 0 aliphatic rings. The molecule has 0 saturated heterocycles. The number of benzene rings is 1. The predicted molar refractivity (Wildman–Crippen MR) is 70.3 cm³/mol. The molecule has 1 N–H and O–H groups in total. The SMILES string of the molecule is Cc1ccc(NC(=S)OC(C)C)c([N+](=O)[O-])c1. The van der Waals surface area contributed by atoms with Crippen LogP contribution in [0, 0.1) is 17.0 Å². The molecule has 17 heavy (non-hydrogen) atoms. The Morgan fingerprint density at radius 1 is 1.53 bits per heavy atom. The smallest absolute Gasteiger partial charge is 0.293 e. The summed E-state index contributed by atoms with van der Waals surface area (Å²) in [6.07, 6.45) is -0.0699. The highest BCUT2D eigenvalue weighted by Crippen LogP contribution is 2.25. The van der Waals surface area contributed by atoms with Crippen molar-refractivity contribution in [3.05, 3.63) is 33.9 Å². The van der Waals surface area contributed by atoms with Gasteiger partial charge in [0.1, 0.15) is 5.69 Å². The maximum absolute atomic E-state index is 10.9.